The predicted molar refractivity (Wildman–Crippen MR) is 121 cm³/mol. The molecule has 35 heavy (non-hydrogen) atoms. The monoisotopic (exact) mass is 482 g/mol. The van der Waals surface area contributed by atoms with Crippen LogP contribution in [-0.2, 0) is 16.2 Å². The van der Waals surface area contributed by atoms with Crippen molar-refractivity contribution in [2.24, 2.45) is 11.8 Å². The van der Waals surface area contributed by atoms with E-state index >= 15 is 0 Å². The summed E-state index contributed by atoms with van der Waals surface area (Å²) in [6, 6.07) is 7.68. The van der Waals surface area contributed by atoms with Crippen molar-refractivity contribution >= 4 is 16.8 Å². The van der Waals surface area contributed by atoms with Gasteiger partial charge in [0.25, 0.3) is 0 Å². The van der Waals surface area contributed by atoms with Gasteiger partial charge in [0.15, 0.2) is 0 Å². The van der Waals surface area contributed by atoms with Crippen LogP contribution in [0.1, 0.15) is 55.0 Å². The highest BCUT2D eigenvalue weighted by atomic mass is 19.1. The second-order valence-corrected chi connectivity index (χ2v) is 9.45. The fourth-order valence-corrected chi connectivity index (χ4v) is 5.42. The molecule has 2 aliphatic rings. The Balaban J connectivity index is 1.26. The minimum Gasteiger partial charge on any atom is -0.272 e. The van der Waals surface area contributed by atoms with Gasteiger partial charge in [-0.15, -0.1) is 0 Å². The Bertz CT molecular complexity index is 1300. The van der Waals surface area contributed by atoms with Crippen molar-refractivity contribution in [1.82, 2.24) is 14.8 Å². The number of hydroxylamine groups is 2. The molecule has 9 heteroatoms. The molecule has 1 aliphatic carbocycles. The maximum atomic E-state index is 14.5. The summed E-state index contributed by atoms with van der Waals surface area (Å²) in [5.41, 5.74) is 1.83. The van der Waals surface area contributed by atoms with Crippen molar-refractivity contribution in [1.29, 1.82) is 5.26 Å². The normalized spacial score (nSPS) is 22.5. The summed E-state index contributed by atoms with van der Waals surface area (Å²) in [4.78, 5) is 18.8. The maximum Gasteiger partial charge on any atom is 0.249 e. The average molecular weight is 483 g/mol. The lowest BCUT2D eigenvalue weighted by Gasteiger charge is -2.32. The second kappa shape index (κ2) is 9.34. The van der Waals surface area contributed by atoms with Gasteiger partial charge in [-0.1, -0.05) is 0 Å². The van der Waals surface area contributed by atoms with Gasteiger partial charge >= 0.3 is 0 Å². The molecule has 1 aliphatic heterocycles. The van der Waals surface area contributed by atoms with E-state index in [-0.39, 0.29) is 23.3 Å². The van der Waals surface area contributed by atoms with Crippen LogP contribution in [-0.4, -0.2) is 27.4 Å². The van der Waals surface area contributed by atoms with E-state index in [1.54, 1.807) is 17.7 Å². The number of hydrogen-bond acceptors (Lipinski definition) is 4. The van der Waals surface area contributed by atoms with Crippen molar-refractivity contribution in [3.63, 3.8) is 0 Å². The molecule has 0 spiro atoms. The number of amides is 1. The number of carbonyl (C=O) groups excluding carboxylic acids is 1. The molecule has 182 valence electrons. The Morgan fingerprint density at radius 1 is 1.09 bits per heavy atom. The minimum absolute atomic E-state index is 0.156. The Morgan fingerprint density at radius 3 is 2.49 bits per heavy atom. The van der Waals surface area contributed by atoms with E-state index < -0.39 is 23.5 Å². The van der Waals surface area contributed by atoms with Crippen LogP contribution in [0.5, 0.6) is 0 Å². The van der Waals surface area contributed by atoms with E-state index in [1.165, 1.54) is 23.3 Å². The number of hydrogen-bond donors (Lipinski definition) is 0. The fourth-order valence-electron chi connectivity index (χ4n) is 5.42. The number of aromatic nitrogens is 2. The first-order chi connectivity index (χ1) is 16.8. The van der Waals surface area contributed by atoms with Crippen molar-refractivity contribution in [3.05, 3.63) is 64.6 Å². The molecule has 1 saturated heterocycles. The van der Waals surface area contributed by atoms with Crippen molar-refractivity contribution in [2.45, 2.75) is 51.6 Å². The standard InChI is InChI=1S/C26H25F3N4O2/c1-15-25-22(29)8-17(13-30)9-24(25)32(31-15)14-16-2-4-18(5-3-16)26(34)33-23(6-7-35-33)19-10-20(27)12-21(28)11-19/h8-12,16,18,23H,2-7,14H2,1H3/t16?,18?,23-/m0/s1. The Hall–Kier alpha value is -3.38. The Morgan fingerprint density at radius 2 is 1.80 bits per heavy atom. The molecule has 1 amide bonds. The van der Waals surface area contributed by atoms with E-state index in [1.807, 2.05) is 6.07 Å². The summed E-state index contributed by atoms with van der Waals surface area (Å²) >= 11 is 0. The molecule has 2 aromatic carbocycles. The van der Waals surface area contributed by atoms with Gasteiger partial charge in [-0.3, -0.25) is 14.3 Å². The van der Waals surface area contributed by atoms with Crippen LogP contribution in [0.25, 0.3) is 10.9 Å². The smallest absolute Gasteiger partial charge is 0.249 e. The largest absolute Gasteiger partial charge is 0.272 e. The van der Waals surface area contributed by atoms with Crippen LogP contribution in [0, 0.1) is 47.5 Å². The molecule has 0 unspecified atom stereocenters. The third-order valence-corrected chi connectivity index (χ3v) is 7.13. The molecule has 0 bridgehead atoms. The molecule has 1 aromatic heterocycles. The summed E-state index contributed by atoms with van der Waals surface area (Å²) in [5, 5.41) is 15.4. The molecule has 5 rings (SSSR count). The molecule has 0 radical (unpaired) electrons. The first-order valence-corrected chi connectivity index (χ1v) is 11.8. The number of fused-ring (bicyclic) bond motifs is 1. The molecular weight excluding hydrogens is 457 g/mol. The highest BCUT2D eigenvalue weighted by molar-refractivity contribution is 5.84. The molecule has 0 N–H and O–H groups in total. The van der Waals surface area contributed by atoms with E-state index in [4.69, 9.17) is 4.84 Å². The Kier molecular flexibility index (Phi) is 6.24. The zero-order chi connectivity index (χ0) is 24.7. The lowest BCUT2D eigenvalue weighted by molar-refractivity contribution is -0.183. The molecule has 6 nitrogen and oxygen atoms in total. The first kappa shape index (κ1) is 23.4. The van der Waals surface area contributed by atoms with Gasteiger partial charge < -0.3 is 0 Å². The third kappa shape index (κ3) is 4.50. The van der Waals surface area contributed by atoms with Crippen LogP contribution in [0.2, 0.25) is 0 Å². The second-order valence-electron chi connectivity index (χ2n) is 9.45. The number of benzene rings is 2. The minimum atomic E-state index is -0.678. The number of aryl methyl sites for hydroxylation is 1. The lowest BCUT2D eigenvalue weighted by Crippen LogP contribution is -2.37. The van der Waals surface area contributed by atoms with Gasteiger partial charge in [0.2, 0.25) is 5.91 Å². The van der Waals surface area contributed by atoms with Crippen LogP contribution in [0.4, 0.5) is 13.2 Å². The Labute approximate surface area is 200 Å². The fraction of sp³-hybridized carbons (Fsp3) is 0.423. The predicted octanol–water partition coefficient (Wildman–Crippen LogP) is 5.35. The third-order valence-electron chi connectivity index (χ3n) is 7.13. The number of nitrogens with zero attached hydrogens (tertiary/aromatic N) is 4. The number of nitriles is 1. The summed E-state index contributed by atoms with van der Waals surface area (Å²) in [5.74, 6) is -1.94. The number of rotatable bonds is 4. The summed E-state index contributed by atoms with van der Waals surface area (Å²) in [6.07, 6.45) is 3.36. The zero-order valence-corrected chi connectivity index (χ0v) is 19.3. The van der Waals surface area contributed by atoms with E-state index in [9.17, 15) is 23.2 Å². The number of halogens is 3. The molecule has 1 saturated carbocycles. The lowest BCUT2D eigenvalue weighted by atomic mass is 9.81. The van der Waals surface area contributed by atoms with Gasteiger partial charge in [0, 0.05) is 24.9 Å². The van der Waals surface area contributed by atoms with Crippen molar-refractivity contribution < 1.29 is 22.8 Å². The molecular formula is C26H25F3N4O2. The summed E-state index contributed by atoms with van der Waals surface area (Å²) < 4.78 is 43.7. The van der Waals surface area contributed by atoms with Crippen LogP contribution in [0.3, 0.4) is 0 Å². The van der Waals surface area contributed by atoms with Crippen molar-refractivity contribution in [2.75, 3.05) is 6.61 Å². The van der Waals surface area contributed by atoms with Gasteiger partial charge in [0.1, 0.15) is 17.5 Å². The van der Waals surface area contributed by atoms with Crippen LogP contribution >= 0.6 is 0 Å². The maximum absolute atomic E-state index is 14.5. The topological polar surface area (TPSA) is 71.2 Å². The van der Waals surface area contributed by atoms with Crippen LogP contribution < -0.4 is 0 Å². The van der Waals surface area contributed by atoms with Gasteiger partial charge in [0.05, 0.1) is 40.9 Å². The molecule has 3 aromatic rings. The summed E-state index contributed by atoms with van der Waals surface area (Å²) in [6.45, 7) is 2.64. The SMILES string of the molecule is Cc1nn(CC2CCC(C(=O)N3OCC[C@H]3c3cc(F)cc(F)c3)CC2)c2cc(C#N)cc(F)c12. The molecule has 1 atom stereocenters. The van der Waals surface area contributed by atoms with Crippen LogP contribution in [0.15, 0.2) is 30.3 Å². The van der Waals surface area contributed by atoms with E-state index in [0.29, 0.717) is 54.6 Å². The van der Waals surface area contributed by atoms with Crippen molar-refractivity contribution in [3.8, 4) is 6.07 Å². The summed E-state index contributed by atoms with van der Waals surface area (Å²) in [7, 11) is 0. The van der Waals surface area contributed by atoms with Gasteiger partial charge in [-0.05, 0) is 68.4 Å². The first-order valence-electron chi connectivity index (χ1n) is 11.8. The average Bonchev–Trinajstić information content (AvgIpc) is 3.43. The zero-order valence-electron chi connectivity index (χ0n) is 19.3. The number of carbonyl (C=O) groups is 1. The highest BCUT2D eigenvalue weighted by Gasteiger charge is 2.37. The molecule has 2 fully saturated rings. The quantitative estimate of drug-likeness (QED) is 0.503. The van der Waals surface area contributed by atoms with E-state index in [0.717, 1.165) is 18.9 Å². The molecule has 2 heterocycles. The highest BCUT2D eigenvalue weighted by Crippen LogP contribution is 2.37. The van der Waals surface area contributed by atoms with Gasteiger partial charge in [-0.25, -0.2) is 18.2 Å². The van der Waals surface area contributed by atoms with Gasteiger partial charge in [-0.2, -0.15) is 10.4 Å². The van der Waals surface area contributed by atoms with E-state index in [2.05, 4.69) is 5.10 Å².